The van der Waals surface area contributed by atoms with E-state index >= 15 is 0 Å². The van der Waals surface area contributed by atoms with E-state index in [9.17, 15) is 19.6 Å². The highest BCUT2D eigenvalue weighted by Gasteiger charge is 2.57. The molecule has 6 rings (SSSR count). The molecule has 10 nitrogen and oxygen atoms in total. The van der Waals surface area contributed by atoms with Crippen molar-refractivity contribution in [2.24, 2.45) is 5.92 Å². The molecule has 1 aromatic carbocycles. The number of aromatic nitrogens is 2. The number of pyridine rings is 2. The highest BCUT2D eigenvalue weighted by atomic mass is 16.5. The first-order valence-electron chi connectivity index (χ1n) is 14.4. The summed E-state index contributed by atoms with van der Waals surface area (Å²) in [4.78, 5) is 54.9. The Morgan fingerprint density at radius 1 is 0.977 bits per heavy atom. The number of hydrogen-bond donors (Lipinski definition) is 0. The molecule has 10 heteroatoms. The van der Waals surface area contributed by atoms with Gasteiger partial charge in [0, 0.05) is 62.1 Å². The second-order valence-electron chi connectivity index (χ2n) is 11.3. The number of ether oxygens (including phenoxy) is 1. The molecule has 2 unspecified atom stereocenters. The minimum Gasteiger partial charge on any atom is -0.453 e. The van der Waals surface area contributed by atoms with Crippen molar-refractivity contribution in [2.75, 3.05) is 20.7 Å². The summed E-state index contributed by atoms with van der Waals surface area (Å²) < 4.78 is 5.05. The Hall–Kier alpha value is -5.04. The van der Waals surface area contributed by atoms with E-state index < -0.39 is 5.54 Å². The Bertz CT molecular complexity index is 1550. The number of carbonyl (C=O) groups excluding carboxylic acids is 3. The zero-order valence-electron chi connectivity index (χ0n) is 24.1. The smallest absolute Gasteiger partial charge is 0.409 e. The van der Waals surface area contributed by atoms with Gasteiger partial charge in [0.2, 0.25) is 0 Å². The summed E-state index contributed by atoms with van der Waals surface area (Å²) in [5.41, 5.74) is 1.07. The molecule has 0 radical (unpaired) electrons. The predicted octanol–water partition coefficient (Wildman–Crippen LogP) is 4.10. The zero-order valence-corrected chi connectivity index (χ0v) is 24.1. The minimum atomic E-state index is -1.26. The topological polar surface area (TPSA) is 120 Å². The zero-order chi connectivity index (χ0) is 30.1. The summed E-state index contributed by atoms with van der Waals surface area (Å²) in [6.07, 6.45) is 11.2. The maximum absolute atomic E-state index is 14.9. The molecule has 3 aliphatic rings. The van der Waals surface area contributed by atoms with Gasteiger partial charge in [-0.1, -0.05) is 0 Å². The molecule has 2 bridgehead atoms. The molecule has 0 aliphatic carbocycles. The standard InChI is InChI=1S/C33H32N6O4/c1-37-30(19-29(40)24-5-3-22(20-34)4-6-24)38(21-23-17-27-7-8-28(18-23)39(27)32(42)43-2)31(41)33(37,25-9-13-35-14-10-25)26-11-15-36-16-12-26/h3-6,9-16,19,23,27-28H,7-8,17-18,21H2,1-2H3. The monoisotopic (exact) mass is 576 g/mol. The number of piperidine rings is 1. The molecule has 2 amide bonds. The Morgan fingerprint density at radius 3 is 2.05 bits per heavy atom. The van der Waals surface area contributed by atoms with Crippen molar-refractivity contribution in [3.05, 3.63) is 107 Å². The first-order chi connectivity index (χ1) is 20.9. The number of likely N-dealkylation sites (N-methyl/N-ethyl adjacent to an activating group) is 1. The van der Waals surface area contributed by atoms with Crippen molar-refractivity contribution >= 4 is 17.8 Å². The Balaban J connectivity index is 1.43. The van der Waals surface area contributed by atoms with Crippen LogP contribution in [0.3, 0.4) is 0 Å². The molecular formula is C33H32N6O4. The van der Waals surface area contributed by atoms with Crippen LogP contribution in [0, 0.1) is 17.2 Å². The lowest BCUT2D eigenvalue weighted by molar-refractivity contribution is -0.132. The van der Waals surface area contributed by atoms with Crippen LogP contribution in [-0.4, -0.2) is 75.2 Å². The van der Waals surface area contributed by atoms with Crippen LogP contribution >= 0.6 is 0 Å². The third kappa shape index (κ3) is 4.71. The highest BCUT2D eigenvalue weighted by molar-refractivity contribution is 6.06. The second-order valence-corrected chi connectivity index (χ2v) is 11.3. The molecule has 2 aromatic heterocycles. The molecule has 3 saturated heterocycles. The van der Waals surface area contributed by atoms with Crippen molar-refractivity contribution in [3.8, 4) is 6.07 Å². The molecule has 0 N–H and O–H groups in total. The van der Waals surface area contributed by atoms with E-state index in [-0.39, 0.29) is 35.8 Å². The van der Waals surface area contributed by atoms with Gasteiger partial charge in [-0.05, 0) is 91.3 Å². The summed E-state index contributed by atoms with van der Waals surface area (Å²) in [6.45, 7) is 0.398. The van der Waals surface area contributed by atoms with Crippen molar-refractivity contribution in [1.82, 2.24) is 24.7 Å². The number of allylic oxidation sites excluding steroid dienone is 1. The lowest BCUT2D eigenvalue weighted by Gasteiger charge is -2.39. The SMILES string of the molecule is COC(=O)N1C2CCC1CC(CN1C(=O)C(c3ccncc3)(c3ccncc3)N(C)C1=CC(=O)c1ccc(C#N)cc1)C2. The van der Waals surface area contributed by atoms with Gasteiger partial charge in [0.05, 0.1) is 18.7 Å². The first-order valence-corrected chi connectivity index (χ1v) is 14.4. The molecule has 3 aliphatic heterocycles. The van der Waals surface area contributed by atoms with Crippen LogP contribution in [0.25, 0.3) is 0 Å². The third-order valence-corrected chi connectivity index (χ3v) is 9.09. The summed E-state index contributed by atoms with van der Waals surface area (Å²) in [5, 5.41) is 9.19. The molecule has 43 heavy (non-hydrogen) atoms. The fourth-order valence-electron chi connectivity index (χ4n) is 7.14. The lowest BCUT2D eigenvalue weighted by Crippen LogP contribution is -2.49. The van der Waals surface area contributed by atoms with Crippen molar-refractivity contribution in [3.63, 3.8) is 0 Å². The van der Waals surface area contributed by atoms with Gasteiger partial charge in [-0.15, -0.1) is 0 Å². The van der Waals surface area contributed by atoms with E-state index in [2.05, 4.69) is 16.0 Å². The normalized spacial score (nSPS) is 23.4. The average molecular weight is 577 g/mol. The molecule has 5 heterocycles. The molecule has 0 spiro atoms. The maximum atomic E-state index is 14.9. The molecule has 0 saturated carbocycles. The summed E-state index contributed by atoms with van der Waals surface area (Å²) in [5.74, 6) is 0.157. The number of methoxy groups -OCH3 is 1. The van der Waals surface area contributed by atoms with Gasteiger partial charge in [0.15, 0.2) is 11.3 Å². The van der Waals surface area contributed by atoms with Crippen molar-refractivity contribution < 1.29 is 19.1 Å². The Labute approximate surface area is 250 Å². The molecule has 3 aromatic rings. The van der Waals surface area contributed by atoms with Crippen molar-refractivity contribution in [1.29, 1.82) is 5.26 Å². The maximum Gasteiger partial charge on any atom is 0.409 e. The van der Waals surface area contributed by atoms with Gasteiger partial charge in [-0.3, -0.25) is 24.5 Å². The fraction of sp³-hybridized carbons (Fsp3) is 0.333. The van der Waals surface area contributed by atoms with E-state index in [0.29, 0.717) is 23.5 Å². The second kappa shape index (κ2) is 11.3. The number of nitriles is 1. The molecule has 218 valence electrons. The van der Waals surface area contributed by atoms with Gasteiger partial charge in [-0.2, -0.15) is 5.26 Å². The van der Waals surface area contributed by atoms with Crippen LogP contribution < -0.4 is 0 Å². The highest BCUT2D eigenvalue weighted by Crippen LogP contribution is 2.47. The molecule has 3 fully saturated rings. The number of benzene rings is 1. The number of nitrogens with zero attached hydrogens (tertiary/aromatic N) is 6. The minimum absolute atomic E-state index is 0.0597. The van der Waals surface area contributed by atoms with Crippen LogP contribution in [0.15, 0.2) is 85.2 Å². The van der Waals surface area contributed by atoms with Crippen LogP contribution in [0.4, 0.5) is 4.79 Å². The predicted molar refractivity (Wildman–Crippen MR) is 156 cm³/mol. The van der Waals surface area contributed by atoms with E-state index in [4.69, 9.17) is 4.74 Å². The van der Waals surface area contributed by atoms with Crippen LogP contribution in [0.1, 0.15) is 52.7 Å². The van der Waals surface area contributed by atoms with Gasteiger partial charge < -0.3 is 14.5 Å². The van der Waals surface area contributed by atoms with E-state index in [1.165, 1.54) is 13.2 Å². The van der Waals surface area contributed by atoms with Gasteiger partial charge in [0.1, 0.15) is 5.82 Å². The average Bonchev–Trinajstić information content (AvgIpc) is 3.43. The largest absolute Gasteiger partial charge is 0.453 e. The first kappa shape index (κ1) is 28.1. The van der Waals surface area contributed by atoms with Gasteiger partial charge >= 0.3 is 6.09 Å². The molecular weight excluding hydrogens is 544 g/mol. The van der Waals surface area contributed by atoms with Gasteiger partial charge in [-0.25, -0.2) is 4.79 Å². The van der Waals surface area contributed by atoms with E-state index in [1.54, 1.807) is 54.0 Å². The number of hydrogen-bond acceptors (Lipinski definition) is 8. The number of carbonyl (C=O) groups is 3. The summed E-state index contributed by atoms with van der Waals surface area (Å²) in [7, 11) is 3.24. The Morgan fingerprint density at radius 2 is 1.53 bits per heavy atom. The quantitative estimate of drug-likeness (QED) is 0.318. The van der Waals surface area contributed by atoms with Gasteiger partial charge in [0.25, 0.3) is 5.91 Å². The van der Waals surface area contributed by atoms with Crippen LogP contribution in [0.2, 0.25) is 0 Å². The molecule has 2 atom stereocenters. The Kier molecular flexibility index (Phi) is 7.40. The number of ketones is 1. The number of amides is 2. The third-order valence-electron chi connectivity index (χ3n) is 9.09. The number of fused-ring (bicyclic) bond motifs is 2. The fourth-order valence-corrected chi connectivity index (χ4v) is 7.14. The van der Waals surface area contributed by atoms with E-state index in [0.717, 1.165) is 36.8 Å². The summed E-state index contributed by atoms with van der Waals surface area (Å²) >= 11 is 0. The summed E-state index contributed by atoms with van der Waals surface area (Å²) in [6, 6.07) is 16.0. The van der Waals surface area contributed by atoms with E-state index in [1.807, 2.05) is 41.1 Å². The van der Waals surface area contributed by atoms with Crippen LogP contribution in [0.5, 0.6) is 0 Å². The van der Waals surface area contributed by atoms with Crippen LogP contribution in [-0.2, 0) is 15.1 Å². The number of rotatable bonds is 6. The lowest BCUT2D eigenvalue weighted by atomic mass is 9.82. The van der Waals surface area contributed by atoms with Crippen molar-refractivity contribution in [2.45, 2.75) is 43.3 Å².